The first-order valence-electron chi connectivity index (χ1n) is 41.1. The summed E-state index contributed by atoms with van der Waals surface area (Å²) in [7, 11) is 0. The van der Waals surface area contributed by atoms with Gasteiger partial charge in [0.25, 0.3) is 0 Å². The maximum atomic E-state index is 12.6. The highest BCUT2D eigenvalue weighted by Crippen LogP contribution is 2.20. The minimum absolute atomic E-state index is 0.0135. The van der Waals surface area contributed by atoms with Crippen LogP contribution in [0.3, 0.4) is 0 Å². The molecule has 2 unspecified atom stereocenters. The van der Waals surface area contributed by atoms with Gasteiger partial charge in [0.2, 0.25) is 5.91 Å². The molecule has 0 heterocycles. The number of rotatable bonds is 78. The first-order chi connectivity index (χ1) is 44.0. The molecule has 0 aromatic carbocycles. The molecule has 0 bridgehead atoms. The maximum Gasteiger partial charge on any atom is 0.305 e. The van der Waals surface area contributed by atoms with Gasteiger partial charge in [0.1, 0.15) is 0 Å². The average molecular weight is 1250 g/mol. The molecule has 0 aliphatic heterocycles. The van der Waals surface area contributed by atoms with E-state index in [-0.39, 0.29) is 18.5 Å². The summed E-state index contributed by atoms with van der Waals surface area (Å²) < 4.78 is 5.48. The molecule has 1 amide bonds. The van der Waals surface area contributed by atoms with Crippen LogP contribution in [0, 0.1) is 0 Å². The predicted octanol–water partition coefficient (Wildman–Crippen LogP) is 27.2. The molecule has 0 spiro atoms. The second-order valence-corrected chi connectivity index (χ2v) is 28.5. The number of carbonyl (C=O) groups is 2. The quantitative estimate of drug-likeness (QED) is 0.0320. The van der Waals surface area contributed by atoms with Gasteiger partial charge >= 0.3 is 5.97 Å². The van der Waals surface area contributed by atoms with Gasteiger partial charge in [-0.15, -0.1) is 0 Å². The lowest BCUT2D eigenvalue weighted by Gasteiger charge is -2.20. The third-order valence-electron chi connectivity index (χ3n) is 19.5. The van der Waals surface area contributed by atoms with Gasteiger partial charge in [-0.25, -0.2) is 0 Å². The Labute approximate surface area is 558 Å². The van der Waals surface area contributed by atoms with Crippen LogP contribution >= 0.6 is 0 Å². The van der Waals surface area contributed by atoms with Crippen LogP contribution in [0.25, 0.3) is 0 Å². The standard InChI is InChI=1S/C83H161NO5/c1-3-5-7-9-11-13-15-16-17-18-19-20-40-43-46-49-52-56-59-63-67-71-75-81(86)80(79-85)84-82(87)76-72-68-64-60-57-53-50-47-44-41-38-36-34-32-30-28-26-24-22-21-23-25-27-29-31-33-35-37-39-42-45-48-51-54-58-62-66-70-74-78-89-83(88)77-73-69-65-61-55-14-12-10-8-6-4-2/h10,12,71,75,80-81,85-86H,3-9,11,13-70,72-74,76-79H2,1-2H3,(H,84,87)/b12-10-,75-71+. The molecular weight excluding hydrogens is 1090 g/mol. The number of hydrogen-bond acceptors (Lipinski definition) is 5. The van der Waals surface area contributed by atoms with Gasteiger partial charge in [0.15, 0.2) is 0 Å². The monoisotopic (exact) mass is 1250 g/mol. The molecule has 0 rings (SSSR count). The summed E-state index contributed by atoms with van der Waals surface area (Å²) >= 11 is 0. The Hall–Kier alpha value is -1.66. The normalized spacial score (nSPS) is 12.5. The fourth-order valence-corrected chi connectivity index (χ4v) is 13.2. The highest BCUT2D eigenvalue weighted by Gasteiger charge is 2.18. The van der Waals surface area contributed by atoms with E-state index in [4.69, 9.17) is 4.74 Å². The molecule has 528 valence electrons. The van der Waals surface area contributed by atoms with Gasteiger partial charge in [-0.1, -0.05) is 430 Å². The van der Waals surface area contributed by atoms with Crippen LogP contribution in [0.15, 0.2) is 24.3 Å². The minimum atomic E-state index is -0.841. The lowest BCUT2D eigenvalue weighted by Crippen LogP contribution is -2.45. The number of aliphatic hydroxyl groups is 2. The first-order valence-corrected chi connectivity index (χ1v) is 41.1. The second kappa shape index (κ2) is 78.8. The summed E-state index contributed by atoms with van der Waals surface area (Å²) in [6, 6.07) is -0.624. The van der Waals surface area contributed by atoms with Crippen molar-refractivity contribution in [2.24, 2.45) is 0 Å². The molecule has 0 saturated heterocycles. The largest absolute Gasteiger partial charge is 0.466 e. The summed E-state index contributed by atoms with van der Waals surface area (Å²) in [5, 5.41) is 23.3. The molecule has 2 atom stereocenters. The Kier molecular flexibility index (Phi) is 77.3. The third kappa shape index (κ3) is 75.3. The van der Waals surface area contributed by atoms with E-state index >= 15 is 0 Å². The van der Waals surface area contributed by atoms with Crippen molar-refractivity contribution >= 4 is 11.9 Å². The van der Waals surface area contributed by atoms with Crippen molar-refractivity contribution in [3.63, 3.8) is 0 Å². The van der Waals surface area contributed by atoms with E-state index < -0.39 is 12.1 Å². The number of nitrogens with one attached hydrogen (secondary N) is 1. The van der Waals surface area contributed by atoms with Crippen molar-refractivity contribution in [2.45, 2.75) is 482 Å². The molecule has 0 aromatic heterocycles. The molecule has 0 radical (unpaired) electrons. The van der Waals surface area contributed by atoms with Crippen molar-refractivity contribution in [1.82, 2.24) is 5.32 Å². The second-order valence-electron chi connectivity index (χ2n) is 28.5. The Morgan fingerprint density at radius 1 is 0.303 bits per heavy atom. The lowest BCUT2D eigenvalue weighted by atomic mass is 10.0. The van der Waals surface area contributed by atoms with Crippen molar-refractivity contribution in [2.75, 3.05) is 13.2 Å². The summed E-state index contributed by atoms with van der Waals surface area (Å²) in [4.78, 5) is 24.6. The topological polar surface area (TPSA) is 95.9 Å². The number of allylic oxidation sites excluding steroid dienone is 3. The number of ether oxygens (including phenoxy) is 1. The molecule has 6 heteroatoms. The van der Waals surface area contributed by atoms with Crippen LogP contribution in [-0.2, 0) is 14.3 Å². The van der Waals surface area contributed by atoms with E-state index in [1.807, 2.05) is 6.08 Å². The van der Waals surface area contributed by atoms with Crippen LogP contribution in [0.2, 0.25) is 0 Å². The highest BCUT2D eigenvalue weighted by molar-refractivity contribution is 5.76. The van der Waals surface area contributed by atoms with E-state index in [1.165, 1.54) is 398 Å². The van der Waals surface area contributed by atoms with Crippen LogP contribution in [0.4, 0.5) is 0 Å². The molecule has 0 aliphatic rings. The van der Waals surface area contributed by atoms with E-state index in [0.29, 0.717) is 19.4 Å². The van der Waals surface area contributed by atoms with Crippen LogP contribution in [0.1, 0.15) is 470 Å². The molecule has 3 N–H and O–H groups in total. The maximum absolute atomic E-state index is 12.6. The minimum Gasteiger partial charge on any atom is -0.466 e. The Bertz CT molecular complexity index is 1400. The van der Waals surface area contributed by atoms with E-state index in [0.717, 1.165) is 44.9 Å². The Morgan fingerprint density at radius 3 is 0.831 bits per heavy atom. The number of hydrogen-bond donors (Lipinski definition) is 3. The van der Waals surface area contributed by atoms with Crippen LogP contribution < -0.4 is 5.32 Å². The molecular formula is C83H161NO5. The molecule has 0 fully saturated rings. The van der Waals surface area contributed by atoms with Gasteiger partial charge in [-0.2, -0.15) is 0 Å². The van der Waals surface area contributed by atoms with Crippen molar-refractivity contribution in [3.8, 4) is 0 Å². The van der Waals surface area contributed by atoms with E-state index in [2.05, 4.69) is 31.3 Å². The molecule has 0 aromatic rings. The lowest BCUT2D eigenvalue weighted by molar-refractivity contribution is -0.143. The number of carbonyl (C=O) groups excluding carboxylic acids is 2. The number of unbranched alkanes of at least 4 members (excludes halogenated alkanes) is 65. The van der Waals surface area contributed by atoms with Gasteiger partial charge < -0.3 is 20.3 Å². The summed E-state index contributed by atoms with van der Waals surface area (Å²) in [6.45, 7) is 4.92. The zero-order chi connectivity index (χ0) is 64.2. The SMILES string of the molecule is CCCC/C=C\CCCCCCCC(=O)OCCCCCCCCCCCCCCCCCCCCCCCCCCCCCCCCCCCCCCCCCC(=O)NC(CO)C(O)/C=C/CCCCCCCCCCCCCCCCCCCCCC. The molecule has 89 heavy (non-hydrogen) atoms. The van der Waals surface area contributed by atoms with Crippen molar-refractivity contribution in [1.29, 1.82) is 0 Å². The van der Waals surface area contributed by atoms with Crippen molar-refractivity contribution < 1.29 is 24.5 Å². The fraction of sp³-hybridized carbons (Fsp3) is 0.928. The zero-order valence-electron chi connectivity index (χ0n) is 60.7. The molecule has 0 aliphatic carbocycles. The Balaban J connectivity index is 3.32. The number of esters is 1. The van der Waals surface area contributed by atoms with Crippen molar-refractivity contribution in [3.05, 3.63) is 24.3 Å². The predicted molar refractivity (Wildman–Crippen MR) is 393 cm³/mol. The Morgan fingerprint density at radius 2 is 0.539 bits per heavy atom. The summed E-state index contributed by atoms with van der Waals surface area (Å²) in [5.74, 6) is -0.0431. The number of aliphatic hydroxyl groups excluding tert-OH is 2. The van der Waals surface area contributed by atoms with Crippen LogP contribution in [0.5, 0.6) is 0 Å². The third-order valence-corrected chi connectivity index (χ3v) is 19.5. The smallest absolute Gasteiger partial charge is 0.305 e. The van der Waals surface area contributed by atoms with Gasteiger partial charge in [0.05, 0.1) is 25.4 Å². The van der Waals surface area contributed by atoms with Crippen LogP contribution in [-0.4, -0.2) is 47.4 Å². The van der Waals surface area contributed by atoms with E-state index in [1.54, 1.807) is 6.08 Å². The fourth-order valence-electron chi connectivity index (χ4n) is 13.2. The van der Waals surface area contributed by atoms with Gasteiger partial charge in [-0.3, -0.25) is 9.59 Å². The number of amides is 1. The highest BCUT2D eigenvalue weighted by atomic mass is 16.5. The zero-order valence-corrected chi connectivity index (χ0v) is 60.7. The van der Waals surface area contributed by atoms with E-state index in [9.17, 15) is 19.8 Å². The summed E-state index contributed by atoms with van der Waals surface area (Å²) in [5.41, 5.74) is 0. The molecule has 0 saturated carbocycles. The first kappa shape index (κ1) is 87.3. The summed E-state index contributed by atoms with van der Waals surface area (Å²) in [6.07, 6.45) is 102. The van der Waals surface area contributed by atoms with Gasteiger partial charge in [0, 0.05) is 12.8 Å². The van der Waals surface area contributed by atoms with Gasteiger partial charge in [-0.05, 0) is 51.4 Å². The average Bonchev–Trinajstić information content (AvgIpc) is 3.55. The molecule has 6 nitrogen and oxygen atoms in total.